The lowest BCUT2D eigenvalue weighted by Gasteiger charge is -2.31. The fourth-order valence-electron chi connectivity index (χ4n) is 3.39. The van der Waals surface area contributed by atoms with Gasteiger partial charge in [0.2, 0.25) is 5.01 Å². The van der Waals surface area contributed by atoms with E-state index >= 15 is 0 Å². The third-order valence-corrected chi connectivity index (χ3v) is 6.06. The normalized spacial score (nSPS) is 14.5. The molecule has 1 N–H and O–H groups in total. The molecule has 0 unspecified atom stereocenters. The molecule has 1 aromatic heterocycles. The molecule has 0 aliphatic carbocycles. The fraction of sp³-hybridized carbons (Fsp3) is 0.238. The van der Waals surface area contributed by atoms with Crippen molar-refractivity contribution in [3.63, 3.8) is 0 Å². The first-order valence-electron chi connectivity index (χ1n) is 9.46. The number of para-hydroxylation sites is 1. The maximum atomic E-state index is 13.9. The van der Waals surface area contributed by atoms with Gasteiger partial charge in [-0.05, 0) is 37.1 Å². The molecule has 2 heterocycles. The van der Waals surface area contributed by atoms with Gasteiger partial charge >= 0.3 is 0 Å². The summed E-state index contributed by atoms with van der Waals surface area (Å²) in [6, 6.07) is 12.5. The maximum absolute atomic E-state index is 13.9. The standard InChI is InChI=1S/C21H18F2N4O2S/c22-15-7-4-8-16(23)17(15)21(29)27-11-9-13(10-12-27)19-25-26-20(30-19)18(28)24-14-5-2-1-3-6-14/h1-8,13H,9-12H2,(H,24,28). The van der Waals surface area contributed by atoms with Crippen LogP contribution in [0.5, 0.6) is 0 Å². The monoisotopic (exact) mass is 428 g/mol. The van der Waals surface area contributed by atoms with Crippen LogP contribution in [0.3, 0.4) is 0 Å². The van der Waals surface area contributed by atoms with Crippen LogP contribution in [0, 0.1) is 11.6 Å². The van der Waals surface area contributed by atoms with Crippen molar-refractivity contribution >= 4 is 28.8 Å². The number of carbonyl (C=O) groups excluding carboxylic acids is 2. The summed E-state index contributed by atoms with van der Waals surface area (Å²) in [7, 11) is 0. The van der Waals surface area contributed by atoms with E-state index in [1.807, 2.05) is 18.2 Å². The van der Waals surface area contributed by atoms with Gasteiger partial charge in [0.1, 0.15) is 22.2 Å². The Morgan fingerprint density at radius 3 is 2.30 bits per heavy atom. The van der Waals surface area contributed by atoms with E-state index in [0.29, 0.717) is 31.6 Å². The minimum Gasteiger partial charge on any atom is -0.338 e. The molecule has 2 aromatic carbocycles. The molecule has 154 valence electrons. The number of amides is 2. The minimum atomic E-state index is -0.861. The van der Waals surface area contributed by atoms with Gasteiger partial charge < -0.3 is 10.2 Å². The van der Waals surface area contributed by atoms with Crippen LogP contribution < -0.4 is 5.32 Å². The third-order valence-electron chi connectivity index (χ3n) is 4.97. The predicted molar refractivity (Wildman–Crippen MR) is 109 cm³/mol. The van der Waals surface area contributed by atoms with E-state index in [0.717, 1.165) is 17.1 Å². The van der Waals surface area contributed by atoms with Gasteiger partial charge in [0.15, 0.2) is 0 Å². The van der Waals surface area contributed by atoms with Crippen molar-refractivity contribution in [1.82, 2.24) is 15.1 Å². The minimum absolute atomic E-state index is 0.0373. The molecule has 4 rings (SSSR count). The van der Waals surface area contributed by atoms with Crippen molar-refractivity contribution in [3.05, 3.63) is 75.7 Å². The van der Waals surface area contributed by atoms with Gasteiger partial charge in [-0.2, -0.15) is 0 Å². The van der Waals surface area contributed by atoms with E-state index in [-0.39, 0.29) is 16.8 Å². The van der Waals surface area contributed by atoms with E-state index in [1.165, 1.54) is 22.3 Å². The first kappa shape index (κ1) is 20.1. The summed E-state index contributed by atoms with van der Waals surface area (Å²) in [5.41, 5.74) is 0.151. The van der Waals surface area contributed by atoms with Crippen molar-refractivity contribution in [1.29, 1.82) is 0 Å². The summed E-state index contributed by atoms with van der Waals surface area (Å²) in [6.45, 7) is 0.699. The van der Waals surface area contributed by atoms with Gasteiger partial charge in [-0.1, -0.05) is 35.6 Å². The van der Waals surface area contributed by atoms with Crippen LogP contribution in [-0.2, 0) is 0 Å². The Bertz CT molecular complexity index is 1050. The molecule has 1 saturated heterocycles. The fourth-order valence-corrected chi connectivity index (χ4v) is 4.29. The molecule has 0 saturated carbocycles. The number of nitrogens with one attached hydrogen (secondary N) is 1. The van der Waals surface area contributed by atoms with E-state index in [9.17, 15) is 18.4 Å². The first-order valence-corrected chi connectivity index (χ1v) is 10.3. The van der Waals surface area contributed by atoms with Crippen LogP contribution in [0.2, 0.25) is 0 Å². The largest absolute Gasteiger partial charge is 0.338 e. The molecule has 1 fully saturated rings. The second-order valence-corrected chi connectivity index (χ2v) is 7.94. The Kier molecular flexibility index (Phi) is 5.80. The lowest BCUT2D eigenvalue weighted by Crippen LogP contribution is -2.38. The Balaban J connectivity index is 1.38. The third kappa shape index (κ3) is 4.20. The van der Waals surface area contributed by atoms with Crippen LogP contribution in [0.15, 0.2) is 48.5 Å². The maximum Gasteiger partial charge on any atom is 0.286 e. The molecule has 2 amide bonds. The summed E-state index contributed by atoms with van der Waals surface area (Å²) >= 11 is 1.22. The second kappa shape index (κ2) is 8.66. The SMILES string of the molecule is O=C(Nc1ccccc1)c1nnc(C2CCN(C(=O)c3c(F)cccc3F)CC2)s1. The lowest BCUT2D eigenvalue weighted by atomic mass is 9.97. The van der Waals surface area contributed by atoms with Gasteiger partial charge in [-0.3, -0.25) is 9.59 Å². The Morgan fingerprint density at radius 2 is 1.63 bits per heavy atom. The number of piperidine rings is 1. The topological polar surface area (TPSA) is 75.2 Å². The molecule has 0 spiro atoms. The van der Waals surface area contributed by atoms with Gasteiger partial charge in [0.25, 0.3) is 11.8 Å². The lowest BCUT2D eigenvalue weighted by molar-refractivity contribution is 0.0702. The van der Waals surface area contributed by atoms with Gasteiger partial charge in [0, 0.05) is 24.7 Å². The summed E-state index contributed by atoms with van der Waals surface area (Å²) in [4.78, 5) is 26.3. The number of likely N-dealkylation sites (tertiary alicyclic amines) is 1. The molecule has 3 aromatic rings. The van der Waals surface area contributed by atoms with Crippen molar-refractivity contribution in [2.45, 2.75) is 18.8 Å². The quantitative estimate of drug-likeness (QED) is 0.679. The Morgan fingerprint density at radius 1 is 0.967 bits per heavy atom. The highest BCUT2D eigenvalue weighted by molar-refractivity contribution is 7.13. The van der Waals surface area contributed by atoms with Crippen LogP contribution in [-0.4, -0.2) is 40.0 Å². The number of anilines is 1. The van der Waals surface area contributed by atoms with E-state index in [1.54, 1.807) is 12.1 Å². The smallest absolute Gasteiger partial charge is 0.286 e. The number of benzene rings is 2. The zero-order valence-corrected chi connectivity index (χ0v) is 16.7. The van der Waals surface area contributed by atoms with Crippen molar-refractivity contribution in [2.24, 2.45) is 0 Å². The molecular weight excluding hydrogens is 410 g/mol. The number of aromatic nitrogens is 2. The molecule has 0 radical (unpaired) electrons. The molecule has 0 bridgehead atoms. The first-order chi connectivity index (χ1) is 14.5. The molecule has 9 heteroatoms. The number of rotatable bonds is 4. The van der Waals surface area contributed by atoms with Crippen LogP contribution in [0.4, 0.5) is 14.5 Å². The molecule has 1 aliphatic rings. The van der Waals surface area contributed by atoms with E-state index in [4.69, 9.17) is 0 Å². The van der Waals surface area contributed by atoms with Crippen molar-refractivity contribution < 1.29 is 18.4 Å². The summed E-state index contributed by atoms with van der Waals surface area (Å²) in [6.07, 6.45) is 1.16. The van der Waals surface area contributed by atoms with Crippen LogP contribution in [0.25, 0.3) is 0 Å². The van der Waals surface area contributed by atoms with Gasteiger partial charge in [-0.25, -0.2) is 8.78 Å². The van der Waals surface area contributed by atoms with Gasteiger partial charge in [-0.15, -0.1) is 10.2 Å². The number of halogens is 2. The molecular formula is C21H18F2N4O2S. The van der Waals surface area contributed by atoms with Crippen molar-refractivity contribution in [3.8, 4) is 0 Å². The zero-order chi connectivity index (χ0) is 21.1. The van der Waals surface area contributed by atoms with E-state index < -0.39 is 23.1 Å². The molecule has 0 atom stereocenters. The highest BCUT2D eigenvalue weighted by Crippen LogP contribution is 2.31. The summed E-state index contributed by atoms with van der Waals surface area (Å²) in [5, 5.41) is 11.9. The predicted octanol–water partition coefficient (Wildman–Crippen LogP) is 4.09. The highest BCUT2D eigenvalue weighted by atomic mass is 32.1. The molecule has 6 nitrogen and oxygen atoms in total. The van der Waals surface area contributed by atoms with Crippen LogP contribution >= 0.6 is 11.3 Å². The number of nitrogens with zero attached hydrogens (tertiary/aromatic N) is 3. The van der Waals surface area contributed by atoms with Crippen molar-refractivity contribution in [2.75, 3.05) is 18.4 Å². The Hall–Kier alpha value is -3.20. The number of hydrogen-bond acceptors (Lipinski definition) is 5. The van der Waals surface area contributed by atoms with E-state index in [2.05, 4.69) is 15.5 Å². The second-order valence-electron chi connectivity index (χ2n) is 6.93. The Labute approximate surface area is 175 Å². The number of carbonyl (C=O) groups is 2. The van der Waals surface area contributed by atoms with Gasteiger partial charge in [0.05, 0.1) is 0 Å². The zero-order valence-electron chi connectivity index (χ0n) is 15.8. The molecule has 30 heavy (non-hydrogen) atoms. The average molecular weight is 428 g/mol. The van der Waals surface area contributed by atoms with Crippen LogP contribution in [0.1, 0.15) is 43.9 Å². The molecule has 1 aliphatic heterocycles. The summed E-state index contributed by atoms with van der Waals surface area (Å²) in [5.74, 6) is -2.66. The summed E-state index contributed by atoms with van der Waals surface area (Å²) < 4.78 is 27.8. The number of hydrogen-bond donors (Lipinski definition) is 1. The highest BCUT2D eigenvalue weighted by Gasteiger charge is 2.30. The average Bonchev–Trinajstić information content (AvgIpc) is 3.25.